The van der Waals surface area contributed by atoms with E-state index in [1.54, 1.807) is 25.0 Å². The molecule has 0 amide bonds. The van der Waals surface area contributed by atoms with E-state index in [1.165, 1.54) is 48.2 Å². The summed E-state index contributed by atoms with van der Waals surface area (Å²) in [4.78, 5) is 67.8. The summed E-state index contributed by atoms with van der Waals surface area (Å²) in [6, 6.07) is 32.6. The van der Waals surface area contributed by atoms with E-state index in [1.807, 2.05) is 70.1 Å². The number of anilines is 2. The first kappa shape index (κ1) is 64.9. The number of imidazole rings is 2. The number of hydrogen-bond acceptors (Lipinski definition) is 16. The molecule has 4 saturated heterocycles. The number of aryl methyl sites for hydroxylation is 2. The Labute approximate surface area is 493 Å². The van der Waals surface area contributed by atoms with E-state index >= 15 is 0 Å². The first-order valence-electron chi connectivity index (χ1n) is 26.7. The monoisotopic (exact) mass is 1200 g/mol. The van der Waals surface area contributed by atoms with Crippen LogP contribution in [0.15, 0.2) is 135 Å². The fourth-order valence-corrected chi connectivity index (χ4v) is 9.36. The number of benzene rings is 4. The van der Waals surface area contributed by atoms with E-state index in [0.29, 0.717) is 39.5 Å². The Balaban J connectivity index is 0.000000209. The van der Waals surface area contributed by atoms with Crippen LogP contribution in [-0.2, 0) is 73.6 Å². The maximum Gasteiger partial charge on any atom is 0.414 e. The van der Waals surface area contributed by atoms with Gasteiger partial charge in [-0.15, -0.1) is 0 Å². The molecule has 4 fully saturated rings. The number of carboxylic acids is 6. The second-order valence-corrected chi connectivity index (χ2v) is 20.3. The summed E-state index contributed by atoms with van der Waals surface area (Å²) in [5.74, 6) is -10.7. The smallest absolute Gasteiger partial charge is 0.414 e. The number of aromatic nitrogens is 4. The van der Waals surface area contributed by atoms with Crippen molar-refractivity contribution < 1.29 is 87.8 Å². The minimum Gasteiger partial charge on any atom is -0.491 e. The van der Waals surface area contributed by atoms with Crippen molar-refractivity contribution in [1.82, 2.24) is 19.1 Å². The van der Waals surface area contributed by atoms with Gasteiger partial charge in [-0.2, -0.15) is 0 Å². The molecular formula is C58H66Cl2N6O18. The molecule has 0 bridgehead atoms. The van der Waals surface area contributed by atoms with Crippen molar-refractivity contribution in [1.29, 1.82) is 0 Å². The van der Waals surface area contributed by atoms with Crippen LogP contribution < -0.4 is 19.3 Å². The zero-order valence-corrected chi connectivity index (χ0v) is 47.1. The molecule has 4 aliphatic heterocycles. The van der Waals surface area contributed by atoms with Crippen molar-refractivity contribution >= 4 is 70.4 Å². The van der Waals surface area contributed by atoms with Gasteiger partial charge in [0.05, 0.1) is 39.0 Å². The first-order chi connectivity index (χ1) is 40.3. The standard InChI is InChI=1S/2C26H30ClN3O3.3C2H2O4/c2*27-22-5-3-21(4-6-22)11-12-26(19-29-16-13-28-20-29)32-18-25(33-26)17-31-24-9-7-23(8-10-24)30-14-1-2-15-30;3*3-1(4)2(5)6/h2*3-10,13,16,20,25H,1-2,11-12,14-15,17-19H2;3*(H,3,4)(H,5,6). The average Bonchev–Trinajstić information content (AvgIpc) is 4.55. The van der Waals surface area contributed by atoms with Crippen LogP contribution in [0.3, 0.4) is 0 Å². The predicted molar refractivity (Wildman–Crippen MR) is 304 cm³/mol. The van der Waals surface area contributed by atoms with Crippen LogP contribution in [0.4, 0.5) is 11.4 Å². The molecule has 4 atom stereocenters. The van der Waals surface area contributed by atoms with Crippen molar-refractivity contribution in [2.45, 2.75) is 88.2 Å². The van der Waals surface area contributed by atoms with Gasteiger partial charge in [0.25, 0.3) is 0 Å². The average molecular weight is 1210 g/mol. The molecule has 4 aromatic carbocycles. The second kappa shape index (κ2) is 32.5. The molecular weight excluding hydrogens is 1140 g/mol. The summed E-state index contributed by atoms with van der Waals surface area (Å²) in [7, 11) is 0. The number of carbonyl (C=O) groups is 6. The molecule has 0 radical (unpaired) electrons. The lowest BCUT2D eigenvalue weighted by molar-refractivity contribution is -0.184. The Morgan fingerprint density at radius 1 is 0.488 bits per heavy atom. The lowest BCUT2D eigenvalue weighted by atomic mass is 10.0. The number of ether oxygens (including phenoxy) is 6. The molecule has 10 rings (SSSR count). The van der Waals surface area contributed by atoms with Crippen molar-refractivity contribution in [2.75, 3.05) is 62.4 Å². The molecule has 0 saturated carbocycles. The summed E-state index contributed by atoms with van der Waals surface area (Å²) in [5, 5.41) is 45.8. The Morgan fingerprint density at radius 2 is 0.810 bits per heavy atom. The number of halogens is 2. The van der Waals surface area contributed by atoms with E-state index < -0.39 is 47.4 Å². The number of aliphatic carboxylic acids is 6. The van der Waals surface area contributed by atoms with Gasteiger partial charge in [0.1, 0.15) is 36.9 Å². The molecule has 0 aliphatic carbocycles. The number of carboxylic acid groups (broad SMARTS) is 6. The molecule has 26 heteroatoms. The lowest BCUT2D eigenvalue weighted by Gasteiger charge is -2.28. The third-order valence-corrected chi connectivity index (χ3v) is 13.7. The Bertz CT molecular complexity index is 2740. The molecule has 24 nitrogen and oxygen atoms in total. The van der Waals surface area contributed by atoms with Gasteiger partial charge < -0.3 is 78.0 Å². The van der Waals surface area contributed by atoms with E-state index in [4.69, 9.17) is 111 Å². The van der Waals surface area contributed by atoms with Gasteiger partial charge in [0.15, 0.2) is 11.6 Å². The number of nitrogens with zero attached hydrogens (tertiary/aromatic N) is 6. The van der Waals surface area contributed by atoms with Crippen molar-refractivity contribution in [2.24, 2.45) is 0 Å². The highest BCUT2D eigenvalue weighted by Gasteiger charge is 2.43. The predicted octanol–water partition coefficient (Wildman–Crippen LogP) is 7.39. The third-order valence-electron chi connectivity index (χ3n) is 13.2. The SMILES string of the molecule is Clc1ccc(CCC2(Cn3ccnc3)OCC(COc3ccc(N4CCCC4)cc3)O2)cc1.Clc1ccc(CCC2(Cn3ccnc3)OCC(COc3ccc(N4CCCC4)cc3)O2)cc1.O=C(O)C(=O)O.O=C(O)C(=O)O.O=C(O)C(=O)O. The minimum atomic E-state index is -1.82. The Hall–Kier alpha value is -8.26. The van der Waals surface area contributed by atoms with Crippen LogP contribution in [0.5, 0.6) is 11.5 Å². The quantitative estimate of drug-likeness (QED) is 0.0457. The summed E-state index contributed by atoms with van der Waals surface area (Å²) < 4.78 is 41.6. The molecule has 4 unspecified atom stereocenters. The zero-order chi connectivity index (χ0) is 60.5. The fraction of sp³-hybridized carbons (Fsp3) is 0.379. The molecule has 6 heterocycles. The summed E-state index contributed by atoms with van der Waals surface area (Å²) in [6.45, 7) is 7.65. The summed E-state index contributed by atoms with van der Waals surface area (Å²) >= 11 is 12.1. The number of rotatable bonds is 18. The van der Waals surface area contributed by atoms with Gasteiger partial charge in [-0.3, -0.25) is 0 Å². The summed E-state index contributed by atoms with van der Waals surface area (Å²) in [6.07, 6.45) is 19.0. The van der Waals surface area contributed by atoms with E-state index in [2.05, 4.69) is 68.3 Å². The van der Waals surface area contributed by atoms with E-state index in [9.17, 15) is 0 Å². The van der Waals surface area contributed by atoms with E-state index in [-0.39, 0.29) is 12.2 Å². The number of hydrogen-bond donors (Lipinski definition) is 6. The topological polar surface area (TPSA) is 321 Å². The molecule has 6 N–H and O–H groups in total. The Morgan fingerprint density at radius 3 is 1.10 bits per heavy atom. The minimum absolute atomic E-state index is 0.128. The van der Waals surface area contributed by atoms with Gasteiger partial charge in [0.2, 0.25) is 0 Å². The highest BCUT2D eigenvalue weighted by molar-refractivity contribution is 6.31. The maximum atomic E-state index is 9.10. The van der Waals surface area contributed by atoms with Crippen molar-refractivity contribution in [3.63, 3.8) is 0 Å². The van der Waals surface area contributed by atoms with Gasteiger partial charge in [-0.25, -0.2) is 38.7 Å². The maximum absolute atomic E-state index is 9.10. The molecule has 84 heavy (non-hydrogen) atoms. The highest BCUT2D eigenvalue weighted by Crippen LogP contribution is 2.34. The molecule has 2 aromatic heterocycles. The van der Waals surface area contributed by atoms with Crippen LogP contribution in [0, 0.1) is 0 Å². The van der Waals surface area contributed by atoms with Crippen LogP contribution in [0.2, 0.25) is 10.0 Å². The molecule has 6 aromatic rings. The van der Waals surface area contributed by atoms with Crippen molar-refractivity contribution in [3.8, 4) is 11.5 Å². The van der Waals surface area contributed by atoms with Gasteiger partial charge in [0, 0.05) is 85.2 Å². The van der Waals surface area contributed by atoms with Gasteiger partial charge in [-0.05, 0) is 122 Å². The molecule has 0 spiro atoms. The van der Waals surface area contributed by atoms with Crippen LogP contribution >= 0.6 is 23.2 Å². The third kappa shape index (κ3) is 21.8. The summed E-state index contributed by atoms with van der Waals surface area (Å²) in [5.41, 5.74) is 4.94. The van der Waals surface area contributed by atoms with Crippen molar-refractivity contribution in [3.05, 3.63) is 156 Å². The highest BCUT2D eigenvalue weighted by atomic mass is 35.5. The Kier molecular flexibility index (Phi) is 25.1. The second-order valence-electron chi connectivity index (χ2n) is 19.5. The van der Waals surface area contributed by atoms with Gasteiger partial charge >= 0.3 is 35.8 Å². The van der Waals surface area contributed by atoms with Crippen LogP contribution in [0.25, 0.3) is 0 Å². The van der Waals surface area contributed by atoms with Crippen LogP contribution in [-0.4, -0.2) is 162 Å². The molecule has 4 aliphatic rings. The fourth-order valence-electron chi connectivity index (χ4n) is 9.11. The van der Waals surface area contributed by atoms with Crippen LogP contribution in [0.1, 0.15) is 49.7 Å². The largest absolute Gasteiger partial charge is 0.491 e. The lowest BCUT2D eigenvalue weighted by Crippen LogP contribution is -2.37. The first-order valence-corrected chi connectivity index (χ1v) is 27.4. The normalized spacial score (nSPS) is 19.4. The zero-order valence-electron chi connectivity index (χ0n) is 45.6. The van der Waals surface area contributed by atoms with E-state index in [0.717, 1.165) is 73.4 Å². The molecule has 450 valence electrons. The van der Waals surface area contributed by atoms with Gasteiger partial charge in [-0.1, -0.05) is 47.5 Å².